The van der Waals surface area contributed by atoms with Crippen molar-refractivity contribution < 1.29 is 19.8 Å². The zero-order valence-electron chi connectivity index (χ0n) is 25.6. The fourth-order valence-electron chi connectivity index (χ4n) is 8.41. The second-order valence-electron chi connectivity index (χ2n) is 11.4. The Labute approximate surface area is 189 Å². The van der Waals surface area contributed by atoms with Crippen molar-refractivity contribution in [2.75, 3.05) is 0 Å². The molecule has 0 bridgehead atoms. The minimum Gasteiger partial charge on any atom is -0.393 e. The maximum atomic E-state index is 11.3. The predicted molar refractivity (Wildman–Crippen MR) is 120 cm³/mol. The molecule has 9 atom stereocenters. The Morgan fingerprint density at radius 3 is 2.66 bits per heavy atom. The Balaban J connectivity index is 1.47. The van der Waals surface area contributed by atoms with E-state index in [1.54, 1.807) is 0 Å². The van der Waals surface area contributed by atoms with Gasteiger partial charge in [-0.05, 0) is 91.3 Å². The average Bonchev–Trinajstić information content (AvgIpc) is 3.10. The highest BCUT2D eigenvalue weighted by molar-refractivity contribution is 5.27. The Kier molecular flexibility index (Phi) is 4.03. The molecule has 3 fully saturated rings. The summed E-state index contributed by atoms with van der Waals surface area (Å²) in [6, 6.07) is 0. The van der Waals surface area contributed by atoms with E-state index in [2.05, 4.69) is 26.8 Å². The van der Waals surface area contributed by atoms with E-state index in [0.29, 0.717) is 36.5 Å². The summed E-state index contributed by atoms with van der Waals surface area (Å²) in [6.07, 6.45) is 9.14. The molecule has 0 spiro atoms. The van der Waals surface area contributed by atoms with Gasteiger partial charge in [0.2, 0.25) is 0 Å². The van der Waals surface area contributed by atoms with E-state index >= 15 is 0 Å². The number of aliphatic hydroxyl groups excluding tert-OH is 2. The highest BCUT2D eigenvalue weighted by Crippen LogP contribution is 2.67. The molecule has 0 aromatic carbocycles. The maximum absolute atomic E-state index is 11.3. The number of rotatable bonds is 5. The Bertz CT molecular complexity index is 838. The normalized spacial score (nSPS) is 52.7. The highest BCUT2D eigenvalue weighted by Gasteiger charge is 2.61. The predicted octanol–water partition coefficient (Wildman–Crippen LogP) is 6.36. The van der Waals surface area contributed by atoms with Crippen LogP contribution in [0.5, 0.6) is 0 Å². The van der Waals surface area contributed by atoms with E-state index in [-0.39, 0.29) is 29.3 Å². The quantitative estimate of drug-likeness (QED) is 0.519. The summed E-state index contributed by atoms with van der Waals surface area (Å²) in [6.45, 7) is 1.26. The molecule has 0 aromatic rings. The topological polar surface area (TPSA) is 40.5 Å². The summed E-state index contributed by atoms with van der Waals surface area (Å²) in [5, 5.41) is 21.6. The van der Waals surface area contributed by atoms with Crippen LogP contribution in [0.15, 0.2) is 11.6 Å². The molecule has 0 saturated heterocycles. The van der Waals surface area contributed by atoms with Crippen molar-refractivity contribution >= 4 is 0 Å². The van der Waals surface area contributed by atoms with Crippen molar-refractivity contribution in [2.45, 2.75) is 111 Å². The summed E-state index contributed by atoms with van der Waals surface area (Å²) in [5.74, 6) is -0.574. The van der Waals surface area contributed by atoms with Crippen LogP contribution in [0.2, 0.25) is 0 Å². The zero-order chi connectivity index (χ0) is 26.9. The van der Waals surface area contributed by atoms with Crippen LogP contribution in [0.4, 0.5) is 0 Å². The van der Waals surface area contributed by atoms with E-state index in [0.717, 1.165) is 44.9 Å². The van der Waals surface area contributed by atoms with Gasteiger partial charge in [0.05, 0.1) is 12.2 Å². The van der Waals surface area contributed by atoms with Crippen LogP contribution in [0, 0.1) is 46.3 Å². The molecule has 4 aliphatic carbocycles. The van der Waals surface area contributed by atoms with Gasteiger partial charge in [0.15, 0.2) is 0 Å². The van der Waals surface area contributed by atoms with Gasteiger partial charge < -0.3 is 10.2 Å². The third-order valence-corrected chi connectivity index (χ3v) is 9.95. The van der Waals surface area contributed by atoms with Crippen LogP contribution in [0.3, 0.4) is 0 Å². The van der Waals surface area contributed by atoms with Gasteiger partial charge >= 0.3 is 0 Å². The first-order chi connectivity index (χ1) is 16.5. The standard InChI is InChI=1S/C27H46O2/c1-17(2)7-6-8-18(3)21-9-10-22-25-23(12-14-27(21,22)5)26(4)13-11-20(28)15-19(26)16-24(25)29/h16-18,20-25,28-29H,6-15H2,1-5H3/t18-,20+,21?,22+,23+,24-,25+,26+,27-/m1/s1/i1D3,2D3,17D. The first kappa shape index (κ1) is 14.7. The lowest BCUT2D eigenvalue weighted by Crippen LogP contribution is -2.54. The lowest BCUT2D eigenvalue weighted by molar-refractivity contribution is -0.0970. The molecule has 0 aliphatic heterocycles. The van der Waals surface area contributed by atoms with Crippen molar-refractivity contribution in [3.05, 3.63) is 11.6 Å². The SMILES string of the molecule is [2H]C([2H])([2H])C([2H])(CCC[C@@H](C)C1CC[C@H]2[C@@H]3[C@H](O)C=C4C[C@@H](O)CC[C@]4(C)[C@H]3CC[C@]12C)C([2H])([2H])[2H]. The number of hydrogen-bond acceptors (Lipinski definition) is 2. The van der Waals surface area contributed by atoms with Crippen LogP contribution in [0.1, 0.15) is 108 Å². The molecule has 166 valence electrons. The van der Waals surface area contributed by atoms with Gasteiger partial charge in [0, 0.05) is 9.60 Å². The molecule has 0 amide bonds. The van der Waals surface area contributed by atoms with Gasteiger partial charge in [0.25, 0.3) is 0 Å². The average molecular weight is 410 g/mol. The van der Waals surface area contributed by atoms with Gasteiger partial charge in [-0.25, -0.2) is 0 Å². The molecular weight excluding hydrogens is 356 g/mol. The van der Waals surface area contributed by atoms with E-state index in [9.17, 15) is 10.2 Å². The molecule has 2 heteroatoms. The summed E-state index contributed by atoms with van der Waals surface area (Å²) in [5.41, 5.74) is 1.42. The Morgan fingerprint density at radius 1 is 1.10 bits per heavy atom. The van der Waals surface area contributed by atoms with Crippen molar-refractivity contribution in [3.63, 3.8) is 0 Å². The van der Waals surface area contributed by atoms with Gasteiger partial charge in [-0.2, -0.15) is 0 Å². The van der Waals surface area contributed by atoms with Crippen molar-refractivity contribution in [1.29, 1.82) is 0 Å². The number of hydrogen-bond donors (Lipinski definition) is 2. The fraction of sp³-hybridized carbons (Fsp3) is 0.926. The Hall–Kier alpha value is -0.340. The van der Waals surface area contributed by atoms with E-state index in [1.165, 1.54) is 5.57 Å². The molecule has 4 aliphatic rings. The van der Waals surface area contributed by atoms with Crippen LogP contribution in [0.25, 0.3) is 0 Å². The monoisotopic (exact) mass is 409 g/mol. The molecule has 0 heterocycles. The fourth-order valence-corrected chi connectivity index (χ4v) is 8.41. The first-order valence-corrected chi connectivity index (χ1v) is 12.0. The minimum atomic E-state index is -2.85. The smallest absolute Gasteiger partial charge is 0.0757 e. The van der Waals surface area contributed by atoms with E-state index < -0.39 is 25.7 Å². The largest absolute Gasteiger partial charge is 0.393 e. The lowest BCUT2D eigenvalue weighted by atomic mass is 9.46. The molecule has 3 saturated carbocycles. The molecule has 0 aromatic heterocycles. The molecule has 0 radical (unpaired) electrons. The van der Waals surface area contributed by atoms with E-state index in [4.69, 9.17) is 9.60 Å². The van der Waals surface area contributed by atoms with Crippen molar-refractivity contribution in [1.82, 2.24) is 0 Å². The summed E-state index contributed by atoms with van der Waals surface area (Å²) in [4.78, 5) is 0. The zero-order valence-corrected chi connectivity index (χ0v) is 18.6. The van der Waals surface area contributed by atoms with Crippen LogP contribution >= 0.6 is 0 Å². The molecule has 1 unspecified atom stereocenters. The maximum Gasteiger partial charge on any atom is 0.0757 e. The molecule has 29 heavy (non-hydrogen) atoms. The lowest BCUT2D eigenvalue weighted by Gasteiger charge is -2.59. The molecule has 2 N–H and O–H groups in total. The van der Waals surface area contributed by atoms with Crippen molar-refractivity contribution in [2.24, 2.45) is 46.3 Å². The molecule has 2 nitrogen and oxygen atoms in total. The van der Waals surface area contributed by atoms with E-state index in [1.807, 2.05) is 0 Å². The van der Waals surface area contributed by atoms with Crippen LogP contribution in [-0.2, 0) is 0 Å². The van der Waals surface area contributed by atoms with Gasteiger partial charge in [-0.15, -0.1) is 0 Å². The number of fused-ring (bicyclic) bond motifs is 5. The third kappa shape index (κ3) is 3.65. The summed E-state index contributed by atoms with van der Waals surface area (Å²) < 4.78 is 54.4. The van der Waals surface area contributed by atoms with Crippen molar-refractivity contribution in [3.8, 4) is 0 Å². The van der Waals surface area contributed by atoms with Gasteiger partial charge in [0.1, 0.15) is 0 Å². The van der Waals surface area contributed by atoms with Crippen LogP contribution in [-0.4, -0.2) is 22.4 Å². The first-order valence-electron chi connectivity index (χ1n) is 15.5. The van der Waals surface area contributed by atoms with Gasteiger partial charge in [-0.1, -0.05) is 65.4 Å². The second kappa shape index (κ2) is 7.97. The highest BCUT2D eigenvalue weighted by atomic mass is 16.3. The van der Waals surface area contributed by atoms with Gasteiger partial charge in [-0.3, -0.25) is 0 Å². The third-order valence-electron chi connectivity index (χ3n) is 9.95. The second-order valence-corrected chi connectivity index (χ2v) is 11.4. The minimum absolute atomic E-state index is 0.0656. The summed E-state index contributed by atoms with van der Waals surface area (Å²) in [7, 11) is 0. The molecule has 4 rings (SSSR count). The Morgan fingerprint density at radius 2 is 1.90 bits per heavy atom. The van der Waals surface area contributed by atoms with Crippen LogP contribution < -0.4 is 0 Å². The summed E-state index contributed by atoms with van der Waals surface area (Å²) >= 11 is 0. The molecular formula is C27H46O2. The number of aliphatic hydroxyl groups is 2.